The number of H-pyrrole nitrogens is 1. The zero-order valence-electron chi connectivity index (χ0n) is 11.8. The number of fused-ring (bicyclic) bond motifs is 2. The maximum Gasteiger partial charge on any atom is 0.337 e. The number of hydrogen-bond acceptors (Lipinski definition) is 3. The van der Waals surface area contributed by atoms with E-state index in [-0.39, 0.29) is 5.56 Å². The average Bonchev–Trinajstić information content (AvgIpc) is 3.11. The van der Waals surface area contributed by atoms with E-state index < -0.39 is 5.97 Å². The Bertz CT molecular complexity index is 883. The number of benzene rings is 1. The van der Waals surface area contributed by atoms with Gasteiger partial charge >= 0.3 is 5.97 Å². The molecule has 4 rings (SSSR count). The molecular formula is C17H14N2O3. The van der Waals surface area contributed by atoms with Gasteiger partial charge in [-0.15, -0.1) is 0 Å². The number of aromatic nitrogens is 2. The molecule has 5 nitrogen and oxygen atoms in total. The van der Waals surface area contributed by atoms with E-state index in [1.165, 1.54) is 17.8 Å². The van der Waals surface area contributed by atoms with Crippen LogP contribution in [0.5, 0.6) is 5.75 Å². The molecule has 0 aliphatic carbocycles. The van der Waals surface area contributed by atoms with E-state index in [2.05, 4.69) is 28.2 Å². The van der Waals surface area contributed by atoms with Crippen LogP contribution >= 0.6 is 0 Å². The van der Waals surface area contributed by atoms with E-state index in [9.17, 15) is 9.90 Å². The van der Waals surface area contributed by atoms with Gasteiger partial charge < -0.3 is 14.8 Å². The lowest BCUT2D eigenvalue weighted by Gasteiger charge is -2.03. The van der Waals surface area contributed by atoms with Crippen molar-refractivity contribution in [2.24, 2.45) is 0 Å². The van der Waals surface area contributed by atoms with E-state index in [4.69, 9.17) is 4.74 Å². The zero-order chi connectivity index (χ0) is 15.1. The number of carboxylic acids is 1. The molecule has 0 atom stereocenters. The molecule has 3 aromatic rings. The first-order chi connectivity index (χ1) is 10.7. The van der Waals surface area contributed by atoms with Gasteiger partial charge in [-0.3, -0.25) is 4.98 Å². The quantitative estimate of drug-likeness (QED) is 0.779. The standard InChI is InChI=1S/C17H14N2O3/c20-17(21)13-3-5-18-14-9-12(19-16(13)14)7-10-1-2-11-4-6-22-15(11)8-10/h1-3,5,8-9,19H,4,6-7H2,(H,20,21). The van der Waals surface area contributed by atoms with Crippen molar-refractivity contribution in [3.8, 4) is 5.75 Å². The Hall–Kier alpha value is -2.82. The molecule has 0 unspecified atom stereocenters. The van der Waals surface area contributed by atoms with Crippen LogP contribution < -0.4 is 4.74 Å². The lowest BCUT2D eigenvalue weighted by Crippen LogP contribution is -1.98. The van der Waals surface area contributed by atoms with Gasteiger partial charge in [-0.05, 0) is 29.3 Å². The normalized spacial score (nSPS) is 13.1. The lowest BCUT2D eigenvalue weighted by molar-refractivity contribution is 0.0698. The molecule has 0 radical (unpaired) electrons. The van der Waals surface area contributed by atoms with Gasteiger partial charge in [0.2, 0.25) is 0 Å². The third-order valence-electron chi connectivity index (χ3n) is 3.96. The van der Waals surface area contributed by atoms with Crippen molar-refractivity contribution in [1.29, 1.82) is 0 Å². The van der Waals surface area contributed by atoms with Gasteiger partial charge in [0.05, 0.1) is 23.2 Å². The molecule has 0 saturated carbocycles. The van der Waals surface area contributed by atoms with Crippen molar-refractivity contribution >= 4 is 17.0 Å². The summed E-state index contributed by atoms with van der Waals surface area (Å²) in [6, 6.07) is 9.65. The summed E-state index contributed by atoms with van der Waals surface area (Å²) in [6.45, 7) is 0.747. The van der Waals surface area contributed by atoms with Crippen molar-refractivity contribution < 1.29 is 14.6 Å². The molecule has 2 aromatic heterocycles. The highest BCUT2D eigenvalue weighted by Gasteiger charge is 2.14. The van der Waals surface area contributed by atoms with Crippen LogP contribution in [-0.2, 0) is 12.8 Å². The van der Waals surface area contributed by atoms with Gasteiger partial charge in [0.1, 0.15) is 5.75 Å². The maximum absolute atomic E-state index is 11.2. The van der Waals surface area contributed by atoms with Crippen LogP contribution in [0.3, 0.4) is 0 Å². The molecule has 0 saturated heterocycles. The highest BCUT2D eigenvalue weighted by atomic mass is 16.5. The molecule has 1 aliphatic rings. The highest BCUT2D eigenvalue weighted by molar-refractivity contribution is 6.00. The van der Waals surface area contributed by atoms with Gasteiger partial charge in [0.25, 0.3) is 0 Å². The largest absolute Gasteiger partial charge is 0.493 e. The third kappa shape index (κ3) is 2.11. The molecule has 1 aromatic carbocycles. The van der Waals surface area contributed by atoms with Gasteiger partial charge in [-0.2, -0.15) is 0 Å². The Morgan fingerprint density at radius 3 is 3.09 bits per heavy atom. The third-order valence-corrected chi connectivity index (χ3v) is 3.96. The second-order valence-electron chi connectivity index (χ2n) is 5.44. The van der Waals surface area contributed by atoms with Crippen LogP contribution in [0.4, 0.5) is 0 Å². The maximum atomic E-state index is 11.2. The van der Waals surface area contributed by atoms with E-state index in [0.29, 0.717) is 17.5 Å². The van der Waals surface area contributed by atoms with E-state index in [1.807, 2.05) is 6.07 Å². The molecule has 5 heteroatoms. The second kappa shape index (κ2) is 4.87. The lowest BCUT2D eigenvalue weighted by atomic mass is 10.1. The molecule has 3 heterocycles. The first kappa shape index (κ1) is 12.9. The smallest absolute Gasteiger partial charge is 0.337 e. The van der Waals surface area contributed by atoms with Gasteiger partial charge in [-0.25, -0.2) is 4.79 Å². The minimum absolute atomic E-state index is 0.244. The van der Waals surface area contributed by atoms with E-state index in [1.54, 1.807) is 0 Å². The van der Waals surface area contributed by atoms with Gasteiger partial charge in [-0.1, -0.05) is 12.1 Å². The molecule has 110 valence electrons. The summed E-state index contributed by atoms with van der Waals surface area (Å²) in [7, 11) is 0. The van der Waals surface area contributed by atoms with Crippen molar-refractivity contribution in [1.82, 2.24) is 9.97 Å². The van der Waals surface area contributed by atoms with E-state index in [0.717, 1.165) is 30.0 Å². The summed E-state index contributed by atoms with van der Waals surface area (Å²) in [6.07, 6.45) is 3.17. The Labute approximate surface area is 126 Å². The second-order valence-corrected chi connectivity index (χ2v) is 5.44. The number of aromatic carboxylic acids is 1. The number of carboxylic acid groups (broad SMARTS) is 1. The molecule has 1 aliphatic heterocycles. The summed E-state index contributed by atoms with van der Waals surface area (Å²) >= 11 is 0. The van der Waals surface area contributed by atoms with Crippen LogP contribution in [0.25, 0.3) is 11.0 Å². The number of nitrogens with zero attached hydrogens (tertiary/aromatic N) is 1. The fraction of sp³-hybridized carbons (Fsp3) is 0.176. The number of hydrogen-bond donors (Lipinski definition) is 2. The Kier molecular flexibility index (Phi) is 2.85. The molecule has 0 spiro atoms. The number of aromatic amines is 1. The van der Waals surface area contributed by atoms with Crippen molar-refractivity contribution in [2.45, 2.75) is 12.8 Å². The summed E-state index contributed by atoms with van der Waals surface area (Å²) < 4.78 is 5.59. The summed E-state index contributed by atoms with van der Waals surface area (Å²) in [5, 5.41) is 9.22. The molecule has 0 fully saturated rings. The Balaban J connectivity index is 1.70. The molecule has 0 amide bonds. The first-order valence-electron chi connectivity index (χ1n) is 7.15. The molecule has 22 heavy (non-hydrogen) atoms. The van der Waals surface area contributed by atoms with Crippen LogP contribution in [0, 0.1) is 0 Å². The fourth-order valence-corrected chi connectivity index (χ4v) is 2.89. The number of nitrogens with one attached hydrogen (secondary N) is 1. The van der Waals surface area contributed by atoms with Crippen LogP contribution in [-0.4, -0.2) is 27.7 Å². The zero-order valence-corrected chi connectivity index (χ0v) is 11.8. The minimum Gasteiger partial charge on any atom is -0.493 e. The number of carbonyl (C=O) groups is 1. The Morgan fingerprint density at radius 2 is 2.23 bits per heavy atom. The Morgan fingerprint density at radius 1 is 1.32 bits per heavy atom. The van der Waals surface area contributed by atoms with Crippen LogP contribution in [0.1, 0.15) is 27.2 Å². The number of pyridine rings is 1. The predicted octanol–water partition coefficient (Wildman–Crippen LogP) is 2.79. The topological polar surface area (TPSA) is 75.2 Å². The van der Waals surface area contributed by atoms with Gasteiger partial charge in [0.15, 0.2) is 0 Å². The van der Waals surface area contributed by atoms with Crippen molar-refractivity contribution in [3.63, 3.8) is 0 Å². The highest BCUT2D eigenvalue weighted by Crippen LogP contribution is 2.27. The average molecular weight is 294 g/mol. The summed E-state index contributed by atoms with van der Waals surface area (Å²) in [5.41, 5.74) is 4.80. The van der Waals surface area contributed by atoms with Crippen LogP contribution in [0.2, 0.25) is 0 Å². The monoisotopic (exact) mass is 294 g/mol. The minimum atomic E-state index is -0.952. The molecular weight excluding hydrogens is 280 g/mol. The molecule has 2 N–H and O–H groups in total. The summed E-state index contributed by atoms with van der Waals surface area (Å²) in [4.78, 5) is 18.6. The number of rotatable bonds is 3. The van der Waals surface area contributed by atoms with Crippen molar-refractivity contribution in [2.75, 3.05) is 6.61 Å². The first-order valence-corrected chi connectivity index (χ1v) is 7.15. The summed E-state index contributed by atoms with van der Waals surface area (Å²) in [5.74, 6) is 0.00434. The van der Waals surface area contributed by atoms with Gasteiger partial charge in [0, 0.05) is 24.7 Å². The fourth-order valence-electron chi connectivity index (χ4n) is 2.89. The van der Waals surface area contributed by atoms with Crippen molar-refractivity contribution in [3.05, 3.63) is 58.9 Å². The molecule has 0 bridgehead atoms. The number of ether oxygens (including phenoxy) is 1. The predicted molar refractivity (Wildman–Crippen MR) is 81.5 cm³/mol. The van der Waals surface area contributed by atoms with E-state index >= 15 is 0 Å². The van der Waals surface area contributed by atoms with Crippen LogP contribution in [0.15, 0.2) is 36.5 Å². The SMILES string of the molecule is O=C(O)c1ccnc2cc(Cc3ccc4c(c3)OCC4)[nH]c12.